The molecule has 1 aromatic rings. The molecule has 1 aliphatic rings. The van der Waals surface area contributed by atoms with Gasteiger partial charge in [-0.1, -0.05) is 37.6 Å². The first-order valence-electron chi connectivity index (χ1n) is 6.05. The van der Waals surface area contributed by atoms with Crippen molar-refractivity contribution in [2.24, 2.45) is 0 Å². The third-order valence-corrected chi connectivity index (χ3v) is 2.66. The standard InChI is InChI=1S/C12H17N.C2H6/c1-9-3-4-10(2)11(7-9)8-13-12-5-6-12;1-2/h3-4,7,12-13H,5-6,8H2,1-2H3;1-2H3. The molecule has 1 nitrogen and oxygen atoms in total. The summed E-state index contributed by atoms with van der Waals surface area (Å²) in [7, 11) is 0. The van der Waals surface area contributed by atoms with Gasteiger partial charge in [0, 0.05) is 12.6 Å². The van der Waals surface area contributed by atoms with E-state index in [0.717, 1.165) is 12.6 Å². The molecule has 0 amide bonds. The molecular formula is C14H23N. The van der Waals surface area contributed by atoms with E-state index in [0.29, 0.717) is 0 Å². The topological polar surface area (TPSA) is 12.0 Å². The van der Waals surface area contributed by atoms with Gasteiger partial charge in [0.05, 0.1) is 0 Å². The Hall–Kier alpha value is -0.820. The maximum Gasteiger partial charge on any atom is 0.0210 e. The first-order chi connectivity index (χ1) is 7.25. The zero-order chi connectivity index (χ0) is 11.3. The summed E-state index contributed by atoms with van der Waals surface area (Å²) >= 11 is 0. The smallest absolute Gasteiger partial charge is 0.0210 e. The summed E-state index contributed by atoms with van der Waals surface area (Å²) in [5, 5.41) is 3.54. The van der Waals surface area contributed by atoms with Crippen molar-refractivity contribution in [3.63, 3.8) is 0 Å². The van der Waals surface area contributed by atoms with Crippen LogP contribution in [0.25, 0.3) is 0 Å². The molecule has 0 unspecified atom stereocenters. The molecule has 0 aromatic heterocycles. The van der Waals surface area contributed by atoms with E-state index in [2.05, 4.69) is 37.4 Å². The number of rotatable bonds is 3. The Morgan fingerprint density at radius 1 is 1.20 bits per heavy atom. The molecule has 0 bridgehead atoms. The molecule has 1 aliphatic carbocycles. The lowest BCUT2D eigenvalue weighted by Crippen LogP contribution is -2.16. The van der Waals surface area contributed by atoms with Crippen LogP contribution in [0.3, 0.4) is 0 Å². The zero-order valence-electron chi connectivity index (χ0n) is 10.4. The second-order valence-corrected chi connectivity index (χ2v) is 4.09. The molecule has 1 N–H and O–H groups in total. The summed E-state index contributed by atoms with van der Waals surface area (Å²) in [5.74, 6) is 0. The molecule has 0 spiro atoms. The first kappa shape index (κ1) is 12.3. The van der Waals surface area contributed by atoms with Gasteiger partial charge in [0.25, 0.3) is 0 Å². The van der Waals surface area contributed by atoms with Gasteiger partial charge in [0.15, 0.2) is 0 Å². The van der Waals surface area contributed by atoms with Crippen molar-refractivity contribution in [1.82, 2.24) is 5.32 Å². The van der Waals surface area contributed by atoms with Crippen LogP contribution in [-0.2, 0) is 6.54 Å². The lowest BCUT2D eigenvalue weighted by molar-refractivity contribution is 0.685. The van der Waals surface area contributed by atoms with Crippen molar-refractivity contribution in [1.29, 1.82) is 0 Å². The number of hydrogen-bond acceptors (Lipinski definition) is 1. The van der Waals surface area contributed by atoms with Crippen LogP contribution in [0.4, 0.5) is 0 Å². The largest absolute Gasteiger partial charge is 0.310 e. The predicted molar refractivity (Wildman–Crippen MR) is 67.1 cm³/mol. The van der Waals surface area contributed by atoms with Crippen LogP contribution in [0.15, 0.2) is 18.2 Å². The monoisotopic (exact) mass is 205 g/mol. The number of nitrogens with one attached hydrogen (secondary N) is 1. The fourth-order valence-corrected chi connectivity index (χ4v) is 1.53. The third kappa shape index (κ3) is 4.05. The second-order valence-electron chi connectivity index (χ2n) is 4.09. The SMILES string of the molecule is CC.Cc1ccc(C)c(CNC2CC2)c1. The van der Waals surface area contributed by atoms with Gasteiger partial charge in [-0.2, -0.15) is 0 Å². The molecule has 0 aliphatic heterocycles. The van der Waals surface area contributed by atoms with Gasteiger partial charge in [-0.15, -0.1) is 0 Å². The minimum absolute atomic E-state index is 0.805. The van der Waals surface area contributed by atoms with Crippen molar-refractivity contribution in [3.8, 4) is 0 Å². The summed E-state index contributed by atoms with van der Waals surface area (Å²) in [4.78, 5) is 0. The Morgan fingerprint density at radius 3 is 2.47 bits per heavy atom. The number of benzene rings is 1. The molecule has 2 rings (SSSR count). The predicted octanol–water partition coefficient (Wildman–Crippen LogP) is 3.58. The van der Waals surface area contributed by atoms with Crippen LogP contribution in [0.1, 0.15) is 43.4 Å². The van der Waals surface area contributed by atoms with E-state index in [9.17, 15) is 0 Å². The van der Waals surface area contributed by atoms with Crippen LogP contribution in [-0.4, -0.2) is 6.04 Å². The van der Waals surface area contributed by atoms with Gasteiger partial charge in [-0.05, 0) is 37.8 Å². The van der Waals surface area contributed by atoms with Gasteiger partial charge in [-0.25, -0.2) is 0 Å². The average Bonchev–Trinajstić information content (AvgIpc) is 3.06. The Kier molecular flexibility index (Phi) is 4.83. The average molecular weight is 205 g/mol. The van der Waals surface area contributed by atoms with Gasteiger partial charge in [-0.3, -0.25) is 0 Å². The van der Waals surface area contributed by atoms with Crippen LogP contribution in [0, 0.1) is 13.8 Å². The highest BCUT2D eigenvalue weighted by atomic mass is 14.9. The molecule has 15 heavy (non-hydrogen) atoms. The van der Waals surface area contributed by atoms with Crippen molar-refractivity contribution in [2.75, 3.05) is 0 Å². The number of aryl methyl sites for hydroxylation is 2. The fourth-order valence-electron chi connectivity index (χ4n) is 1.53. The van der Waals surface area contributed by atoms with Crippen molar-refractivity contribution in [2.45, 2.75) is 53.1 Å². The van der Waals surface area contributed by atoms with Crippen molar-refractivity contribution in [3.05, 3.63) is 34.9 Å². The van der Waals surface area contributed by atoms with E-state index >= 15 is 0 Å². The van der Waals surface area contributed by atoms with Gasteiger partial charge >= 0.3 is 0 Å². The summed E-state index contributed by atoms with van der Waals surface area (Å²) < 4.78 is 0. The quantitative estimate of drug-likeness (QED) is 0.795. The maximum atomic E-state index is 3.54. The molecule has 84 valence electrons. The fraction of sp³-hybridized carbons (Fsp3) is 0.571. The molecule has 1 heteroatoms. The molecule has 0 heterocycles. The molecule has 0 saturated heterocycles. The van der Waals surface area contributed by atoms with E-state index in [1.807, 2.05) is 13.8 Å². The molecule has 0 atom stereocenters. The maximum absolute atomic E-state index is 3.54. The molecule has 1 saturated carbocycles. The van der Waals surface area contributed by atoms with E-state index in [1.165, 1.54) is 29.5 Å². The van der Waals surface area contributed by atoms with Gasteiger partial charge in [0.2, 0.25) is 0 Å². The highest BCUT2D eigenvalue weighted by molar-refractivity contribution is 5.30. The molecular weight excluding hydrogens is 182 g/mol. The molecule has 1 fully saturated rings. The Morgan fingerprint density at radius 2 is 1.87 bits per heavy atom. The second kappa shape index (κ2) is 5.92. The molecule has 1 aromatic carbocycles. The lowest BCUT2D eigenvalue weighted by Gasteiger charge is -2.07. The normalized spacial score (nSPS) is 14.4. The van der Waals surface area contributed by atoms with E-state index in [1.54, 1.807) is 0 Å². The summed E-state index contributed by atoms with van der Waals surface area (Å²) in [6, 6.07) is 7.47. The van der Waals surface area contributed by atoms with E-state index < -0.39 is 0 Å². The Bertz CT molecular complexity index is 300. The zero-order valence-corrected chi connectivity index (χ0v) is 10.4. The van der Waals surface area contributed by atoms with Crippen LogP contribution < -0.4 is 5.32 Å². The summed E-state index contributed by atoms with van der Waals surface area (Å²) in [6.07, 6.45) is 2.73. The Labute approximate surface area is 93.9 Å². The van der Waals surface area contributed by atoms with E-state index in [-0.39, 0.29) is 0 Å². The van der Waals surface area contributed by atoms with Crippen molar-refractivity contribution < 1.29 is 0 Å². The molecule has 0 radical (unpaired) electrons. The van der Waals surface area contributed by atoms with Crippen LogP contribution in [0.2, 0.25) is 0 Å². The van der Waals surface area contributed by atoms with Crippen LogP contribution in [0.5, 0.6) is 0 Å². The minimum Gasteiger partial charge on any atom is -0.310 e. The highest BCUT2D eigenvalue weighted by Gasteiger charge is 2.20. The summed E-state index contributed by atoms with van der Waals surface area (Å²) in [5.41, 5.74) is 4.21. The van der Waals surface area contributed by atoms with Gasteiger partial charge < -0.3 is 5.32 Å². The third-order valence-electron chi connectivity index (χ3n) is 2.66. The number of hydrogen-bond donors (Lipinski definition) is 1. The van der Waals surface area contributed by atoms with Crippen molar-refractivity contribution >= 4 is 0 Å². The summed E-state index contributed by atoms with van der Waals surface area (Å²) in [6.45, 7) is 9.38. The highest BCUT2D eigenvalue weighted by Crippen LogP contribution is 2.20. The minimum atomic E-state index is 0.805. The van der Waals surface area contributed by atoms with Crippen LogP contribution >= 0.6 is 0 Å². The van der Waals surface area contributed by atoms with E-state index in [4.69, 9.17) is 0 Å². The Balaban J connectivity index is 0.000000531. The van der Waals surface area contributed by atoms with Gasteiger partial charge in [0.1, 0.15) is 0 Å². The lowest BCUT2D eigenvalue weighted by atomic mass is 10.1. The first-order valence-corrected chi connectivity index (χ1v) is 6.05.